The van der Waals surface area contributed by atoms with Gasteiger partial charge in [0.2, 0.25) is 5.91 Å². The number of hydrogen-bond donors (Lipinski definition) is 2. The summed E-state index contributed by atoms with van der Waals surface area (Å²) in [6.07, 6.45) is 1.39. The highest BCUT2D eigenvalue weighted by molar-refractivity contribution is 6.02. The molecule has 136 valence electrons. The van der Waals surface area contributed by atoms with Gasteiger partial charge in [-0.1, -0.05) is 6.07 Å². The molecule has 0 fully saturated rings. The van der Waals surface area contributed by atoms with Crippen molar-refractivity contribution in [3.05, 3.63) is 70.1 Å². The molecule has 4 aromatic rings. The molecule has 0 bridgehead atoms. The van der Waals surface area contributed by atoms with Crippen LogP contribution in [-0.2, 0) is 11.3 Å². The zero-order valence-corrected chi connectivity index (χ0v) is 14.2. The fourth-order valence-electron chi connectivity index (χ4n) is 2.90. The number of benzene rings is 2. The van der Waals surface area contributed by atoms with Crippen LogP contribution in [0.2, 0.25) is 0 Å². The summed E-state index contributed by atoms with van der Waals surface area (Å²) in [4.78, 5) is 28.9. The van der Waals surface area contributed by atoms with E-state index in [1.807, 2.05) is 0 Å². The van der Waals surface area contributed by atoms with Gasteiger partial charge >= 0.3 is 0 Å². The minimum absolute atomic E-state index is 0.252. The van der Waals surface area contributed by atoms with Gasteiger partial charge in [0.25, 0.3) is 5.56 Å². The maximum absolute atomic E-state index is 13.6. The van der Waals surface area contributed by atoms with E-state index < -0.39 is 23.1 Å². The van der Waals surface area contributed by atoms with Crippen LogP contribution >= 0.6 is 0 Å². The van der Waals surface area contributed by atoms with Gasteiger partial charge < -0.3 is 5.32 Å². The number of nitrogens with one attached hydrogen (secondary N) is 2. The Labute approximate surface area is 151 Å². The first-order chi connectivity index (χ1) is 12.9. The first-order valence-corrected chi connectivity index (χ1v) is 8.15. The third-order valence-corrected chi connectivity index (χ3v) is 4.31. The Kier molecular flexibility index (Phi) is 3.95. The molecule has 0 saturated heterocycles. The van der Waals surface area contributed by atoms with Crippen molar-refractivity contribution in [2.24, 2.45) is 0 Å². The van der Waals surface area contributed by atoms with Gasteiger partial charge in [-0.15, -0.1) is 0 Å². The van der Waals surface area contributed by atoms with Crippen LogP contribution in [0, 0.1) is 18.6 Å². The molecule has 2 heterocycles. The summed E-state index contributed by atoms with van der Waals surface area (Å²) in [5.74, 6) is -1.39. The number of carbonyl (C=O) groups is 1. The smallest absolute Gasteiger partial charge is 0.276 e. The molecule has 2 aromatic carbocycles. The number of pyridine rings is 1. The third-order valence-electron chi connectivity index (χ3n) is 4.31. The van der Waals surface area contributed by atoms with Crippen LogP contribution in [0.15, 0.2) is 47.4 Å². The van der Waals surface area contributed by atoms with E-state index in [0.29, 0.717) is 27.7 Å². The van der Waals surface area contributed by atoms with Crippen molar-refractivity contribution in [1.29, 1.82) is 0 Å². The summed E-state index contributed by atoms with van der Waals surface area (Å²) in [7, 11) is 0. The van der Waals surface area contributed by atoms with Gasteiger partial charge in [-0.05, 0) is 42.8 Å². The van der Waals surface area contributed by atoms with Crippen molar-refractivity contribution in [1.82, 2.24) is 14.8 Å². The van der Waals surface area contributed by atoms with Crippen LogP contribution in [0.25, 0.3) is 21.8 Å². The Morgan fingerprint density at radius 1 is 1.19 bits per heavy atom. The first-order valence-electron chi connectivity index (χ1n) is 8.15. The van der Waals surface area contributed by atoms with E-state index in [1.165, 1.54) is 30.5 Å². The number of carbonyl (C=O) groups excluding carboxylic acids is 1. The van der Waals surface area contributed by atoms with Crippen LogP contribution < -0.4 is 10.9 Å². The molecule has 0 unspecified atom stereocenters. The highest BCUT2D eigenvalue weighted by atomic mass is 19.1. The van der Waals surface area contributed by atoms with Gasteiger partial charge in [0.1, 0.15) is 18.2 Å². The van der Waals surface area contributed by atoms with Crippen molar-refractivity contribution in [2.45, 2.75) is 13.5 Å². The SMILES string of the molecule is Cc1ccc(NC(=O)Cn2[nH]c3c(cnc4ccc(F)cc43)c2=O)cc1F. The van der Waals surface area contributed by atoms with Gasteiger partial charge in [-0.3, -0.25) is 19.7 Å². The maximum atomic E-state index is 13.6. The molecular weight excluding hydrogens is 354 g/mol. The largest absolute Gasteiger partial charge is 0.324 e. The normalized spacial score (nSPS) is 11.2. The number of nitrogens with zero attached hydrogens (tertiary/aromatic N) is 2. The lowest BCUT2D eigenvalue weighted by atomic mass is 10.2. The second kappa shape index (κ2) is 6.31. The Hall–Kier alpha value is -3.55. The number of rotatable bonds is 3. The highest BCUT2D eigenvalue weighted by Gasteiger charge is 2.14. The van der Waals surface area contributed by atoms with E-state index in [-0.39, 0.29) is 11.9 Å². The number of fused-ring (bicyclic) bond motifs is 3. The molecule has 8 heteroatoms. The van der Waals surface area contributed by atoms with Gasteiger partial charge in [0.15, 0.2) is 0 Å². The first kappa shape index (κ1) is 16.9. The summed E-state index contributed by atoms with van der Waals surface area (Å²) in [5.41, 5.74) is 1.23. The fraction of sp³-hybridized carbons (Fsp3) is 0.105. The third kappa shape index (κ3) is 3.05. The number of hydrogen-bond acceptors (Lipinski definition) is 3. The fourth-order valence-corrected chi connectivity index (χ4v) is 2.90. The summed E-state index contributed by atoms with van der Waals surface area (Å²) >= 11 is 0. The van der Waals surface area contributed by atoms with Crippen LogP contribution in [0.5, 0.6) is 0 Å². The lowest BCUT2D eigenvalue weighted by molar-refractivity contribution is -0.116. The maximum Gasteiger partial charge on any atom is 0.276 e. The zero-order valence-electron chi connectivity index (χ0n) is 14.2. The Balaban J connectivity index is 1.67. The topological polar surface area (TPSA) is 79.8 Å². The second-order valence-electron chi connectivity index (χ2n) is 6.22. The van der Waals surface area contributed by atoms with Crippen molar-refractivity contribution in [2.75, 3.05) is 5.32 Å². The predicted octanol–water partition coefficient (Wildman–Crippen LogP) is 3.10. The van der Waals surface area contributed by atoms with Crippen molar-refractivity contribution < 1.29 is 13.6 Å². The van der Waals surface area contributed by atoms with E-state index in [1.54, 1.807) is 19.1 Å². The van der Waals surface area contributed by atoms with Gasteiger partial charge in [0, 0.05) is 17.3 Å². The van der Waals surface area contributed by atoms with E-state index in [0.717, 1.165) is 4.68 Å². The van der Waals surface area contributed by atoms with Crippen LogP contribution in [0.1, 0.15) is 5.56 Å². The van der Waals surface area contributed by atoms with Crippen molar-refractivity contribution in [3.63, 3.8) is 0 Å². The van der Waals surface area contributed by atoms with E-state index in [9.17, 15) is 18.4 Å². The summed E-state index contributed by atoms with van der Waals surface area (Å²) in [6, 6.07) is 8.40. The number of anilines is 1. The summed E-state index contributed by atoms with van der Waals surface area (Å²) in [5, 5.41) is 6.08. The van der Waals surface area contributed by atoms with Crippen molar-refractivity contribution >= 4 is 33.4 Å². The van der Waals surface area contributed by atoms with E-state index in [2.05, 4.69) is 15.4 Å². The lowest BCUT2D eigenvalue weighted by Gasteiger charge is -2.06. The molecule has 0 spiro atoms. The molecule has 2 aromatic heterocycles. The Bertz CT molecular complexity index is 1260. The summed E-state index contributed by atoms with van der Waals surface area (Å²) in [6.45, 7) is 1.31. The number of aryl methyl sites for hydroxylation is 1. The summed E-state index contributed by atoms with van der Waals surface area (Å²) < 4.78 is 28.3. The standard InChI is InChI=1S/C19H14F2N4O2/c1-10-2-4-12(7-15(10)21)23-17(26)9-25-19(27)14-8-22-16-5-3-11(20)6-13(16)18(14)24-25/h2-8,24H,9H2,1H3,(H,23,26). The van der Waals surface area contributed by atoms with Crippen LogP contribution in [-0.4, -0.2) is 20.7 Å². The molecular formula is C19H14F2N4O2. The molecule has 0 aliphatic carbocycles. The molecule has 0 aliphatic rings. The quantitative estimate of drug-likeness (QED) is 0.583. The molecule has 27 heavy (non-hydrogen) atoms. The molecule has 0 atom stereocenters. The average Bonchev–Trinajstić information content (AvgIpc) is 2.94. The number of aromatic amines is 1. The number of H-pyrrole nitrogens is 1. The van der Waals surface area contributed by atoms with Gasteiger partial charge in [0.05, 0.1) is 16.4 Å². The van der Waals surface area contributed by atoms with E-state index >= 15 is 0 Å². The van der Waals surface area contributed by atoms with Gasteiger partial charge in [-0.2, -0.15) is 0 Å². The number of halogens is 2. The van der Waals surface area contributed by atoms with Crippen LogP contribution in [0.3, 0.4) is 0 Å². The second-order valence-corrected chi connectivity index (χ2v) is 6.22. The molecule has 6 nitrogen and oxygen atoms in total. The minimum Gasteiger partial charge on any atom is -0.324 e. The zero-order chi connectivity index (χ0) is 19.1. The Morgan fingerprint density at radius 2 is 2.00 bits per heavy atom. The molecule has 0 aliphatic heterocycles. The van der Waals surface area contributed by atoms with Gasteiger partial charge in [-0.25, -0.2) is 13.5 Å². The molecule has 0 radical (unpaired) electrons. The molecule has 0 saturated carbocycles. The monoisotopic (exact) mass is 368 g/mol. The average molecular weight is 368 g/mol. The minimum atomic E-state index is -0.504. The number of aromatic nitrogens is 3. The van der Waals surface area contributed by atoms with E-state index in [4.69, 9.17) is 0 Å². The van der Waals surface area contributed by atoms with Crippen molar-refractivity contribution in [3.8, 4) is 0 Å². The molecule has 1 amide bonds. The van der Waals surface area contributed by atoms with Crippen LogP contribution in [0.4, 0.5) is 14.5 Å². The predicted molar refractivity (Wildman–Crippen MR) is 97.6 cm³/mol. The lowest BCUT2D eigenvalue weighted by Crippen LogP contribution is -2.26. The number of amides is 1. The highest BCUT2D eigenvalue weighted by Crippen LogP contribution is 2.21. The molecule has 4 rings (SSSR count). The molecule has 2 N–H and O–H groups in total. The Morgan fingerprint density at radius 3 is 2.78 bits per heavy atom.